The Labute approximate surface area is 120 Å². The van der Waals surface area contributed by atoms with Gasteiger partial charge in [0.25, 0.3) is 0 Å². The summed E-state index contributed by atoms with van der Waals surface area (Å²) in [6.07, 6.45) is 2.74. The summed E-state index contributed by atoms with van der Waals surface area (Å²) in [6, 6.07) is 8.93. The van der Waals surface area contributed by atoms with Crippen molar-refractivity contribution in [1.82, 2.24) is 5.32 Å². The second kappa shape index (κ2) is 6.19. The maximum atomic E-state index is 5.81. The summed E-state index contributed by atoms with van der Waals surface area (Å²) >= 11 is 2.10. The van der Waals surface area contributed by atoms with E-state index in [4.69, 9.17) is 4.74 Å². The molecule has 1 aromatic carbocycles. The minimum Gasteiger partial charge on any atom is -0.493 e. The van der Waals surface area contributed by atoms with Crippen LogP contribution >= 0.6 is 11.8 Å². The minimum absolute atomic E-state index is 0.458. The molecule has 104 valence electrons. The first-order valence-electron chi connectivity index (χ1n) is 7.37. The maximum Gasteiger partial charge on any atom is 0.124 e. The van der Waals surface area contributed by atoms with Crippen LogP contribution in [0.1, 0.15) is 31.4 Å². The van der Waals surface area contributed by atoms with Crippen LogP contribution in [-0.2, 0) is 0 Å². The smallest absolute Gasteiger partial charge is 0.124 e. The predicted octanol–water partition coefficient (Wildman–Crippen LogP) is 3.49. The molecule has 0 bridgehead atoms. The van der Waals surface area contributed by atoms with Crippen molar-refractivity contribution >= 4 is 11.8 Å². The SMILES string of the molecule is CC1COc2ccccc2C1NCC1CCSCC1. The average Bonchev–Trinajstić information content (AvgIpc) is 2.47. The van der Waals surface area contributed by atoms with E-state index in [0.717, 1.165) is 24.8 Å². The summed E-state index contributed by atoms with van der Waals surface area (Å²) < 4.78 is 5.81. The number of para-hydroxylation sites is 1. The van der Waals surface area contributed by atoms with Gasteiger partial charge >= 0.3 is 0 Å². The van der Waals surface area contributed by atoms with Crippen molar-refractivity contribution in [3.63, 3.8) is 0 Å². The van der Waals surface area contributed by atoms with Gasteiger partial charge in [-0.15, -0.1) is 0 Å². The first kappa shape index (κ1) is 13.3. The summed E-state index contributed by atoms with van der Waals surface area (Å²) in [4.78, 5) is 0. The fourth-order valence-electron chi connectivity index (χ4n) is 3.05. The molecule has 0 saturated carbocycles. The molecule has 1 aromatic rings. The van der Waals surface area contributed by atoms with Crippen LogP contribution in [0, 0.1) is 11.8 Å². The molecule has 2 aliphatic heterocycles. The molecule has 0 radical (unpaired) electrons. The Hall–Kier alpha value is -0.670. The fraction of sp³-hybridized carbons (Fsp3) is 0.625. The van der Waals surface area contributed by atoms with Crippen molar-refractivity contribution in [1.29, 1.82) is 0 Å². The molecule has 0 aliphatic carbocycles. The van der Waals surface area contributed by atoms with Gasteiger partial charge in [-0.1, -0.05) is 25.1 Å². The Morgan fingerprint density at radius 1 is 1.26 bits per heavy atom. The standard InChI is InChI=1S/C16H23NOS/c1-12-11-18-15-5-3-2-4-14(15)16(12)17-10-13-6-8-19-9-7-13/h2-5,12-13,16-17H,6-11H2,1H3. The number of hydrogen-bond donors (Lipinski definition) is 1. The second-order valence-corrected chi connectivity index (χ2v) is 6.99. The fourth-order valence-corrected chi connectivity index (χ4v) is 4.25. The number of ether oxygens (including phenoxy) is 1. The number of thioether (sulfide) groups is 1. The lowest BCUT2D eigenvalue weighted by Gasteiger charge is -2.34. The van der Waals surface area contributed by atoms with Crippen LogP contribution in [0.5, 0.6) is 5.75 Å². The molecule has 2 heterocycles. The number of benzene rings is 1. The summed E-state index contributed by atoms with van der Waals surface area (Å²) in [5.74, 6) is 5.16. The van der Waals surface area contributed by atoms with E-state index in [1.54, 1.807) is 0 Å². The van der Waals surface area contributed by atoms with Gasteiger partial charge in [0.05, 0.1) is 6.61 Å². The Bertz CT molecular complexity index is 417. The average molecular weight is 277 g/mol. The summed E-state index contributed by atoms with van der Waals surface area (Å²) in [6.45, 7) is 4.27. The predicted molar refractivity (Wildman–Crippen MR) is 81.9 cm³/mol. The molecule has 3 heteroatoms. The zero-order valence-electron chi connectivity index (χ0n) is 11.6. The monoisotopic (exact) mass is 277 g/mol. The lowest BCUT2D eigenvalue weighted by molar-refractivity contribution is 0.184. The second-order valence-electron chi connectivity index (χ2n) is 5.77. The summed E-state index contributed by atoms with van der Waals surface area (Å²) in [5, 5.41) is 3.81. The van der Waals surface area contributed by atoms with E-state index < -0.39 is 0 Å². The highest BCUT2D eigenvalue weighted by atomic mass is 32.2. The normalized spacial score (nSPS) is 27.6. The number of nitrogens with one attached hydrogen (secondary N) is 1. The number of fused-ring (bicyclic) bond motifs is 1. The zero-order chi connectivity index (χ0) is 13.1. The van der Waals surface area contributed by atoms with Gasteiger partial charge in [-0.05, 0) is 42.9 Å². The summed E-state index contributed by atoms with van der Waals surface area (Å²) in [5.41, 5.74) is 1.34. The molecule has 0 spiro atoms. The minimum atomic E-state index is 0.458. The van der Waals surface area contributed by atoms with Crippen molar-refractivity contribution in [3.8, 4) is 5.75 Å². The Morgan fingerprint density at radius 2 is 2.05 bits per heavy atom. The number of rotatable bonds is 3. The Morgan fingerprint density at radius 3 is 2.89 bits per heavy atom. The first-order valence-corrected chi connectivity index (χ1v) is 8.53. The molecule has 1 saturated heterocycles. The van der Waals surface area contributed by atoms with Gasteiger partial charge < -0.3 is 10.1 Å². The molecule has 0 amide bonds. The van der Waals surface area contributed by atoms with Crippen LogP contribution in [0.3, 0.4) is 0 Å². The van der Waals surface area contributed by atoms with Crippen molar-refractivity contribution in [3.05, 3.63) is 29.8 Å². The highest BCUT2D eigenvalue weighted by molar-refractivity contribution is 7.99. The zero-order valence-corrected chi connectivity index (χ0v) is 12.4. The molecular weight excluding hydrogens is 254 g/mol. The molecule has 2 nitrogen and oxygen atoms in total. The molecule has 0 aromatic heterocycles. The molecule has 2 aliphatic rings. The van der Waals surface area contributed by atoms with Gasteiger partial charge in [0.1, 0.15) is 5.75 Å². The maximum absolute atomic E-state index is 5.81. The van der Waals surface area contributed by atoms with Gasteiger partial charge in [-0.25, -0.2) is 0 Å². The molecular formula is C16H23NOS. The first-order chi connectivity index (χ1) is 9.34. The van der Waals surface area contributed by atoms with E-state index in [-0.39, 0.29) is 0 Å². The van der Waals surface area contributed by atoms with Gasteiger partial charge in [0.15, 0.2) is 0 Å². The molecule has 2 unspecified atom stereocenters. The third kappa shape index (κ3) is 3.09. The largest absolute Gasteiger partial charge is 0.493 e. The number of hydrogen-bond acceptors (Lipinski definition) is 3. The molecule has 19 heavy (non-hydrogen) atoms. The van der Waals surface area contributed by atoms with Crippen molar-refractivity contribution in [2.45, 2.75) is 25.8 Å². The Balaban J connectivity index is 1.65. The third-order valence-corrected chi connectivity index (χ3v) is 5.34. The quantitative estimate of drug-likeness (QED) is 0.914. The lowest BCUT2D eigenvalue weighted by Crippen LogP contribution is -2.37. The molecule has 2 atom stereocenters. The van der Waals surface area contributed by atoms with Gasteiger partial charge in [0.2, 0.25) is 0 Å². The van der Waals surface area contributed by atoms with Crippen LogP contribution in [0.15, 0.2) is 24.3 Å². The van der Waals surface area contributed by atoms with Crippen molar-refractivity contribution < 1.29 is 4.74 Å². The Kier molecular flexibility index (Phi) is 4.34. The van der Waals surface area contributed by atoms with Crippen LogP contribution in [0.4, 0.5) is 0 Å². The van der Waals surface area contributed by atoms with Gasteiger partial charge in [-0.3, -0.25) is 0 Å². The van der Waals surface area contributed by atoms with Gasteiger partial charge in [-0.2, -0.15) is 11.8 Å². The lowest BCUT2D eigenvalue weighted by atomic mass is 9.91. The topological polar surface area (TPSA) is 21.3 Å². The van der Waals surface area contributed by atoms with Crippen LogP contribution < -0.4 is 10.1 Å². The van der Waals surface area contributed by atoms with Crippen molar-refractivity contribution in [2.75, 3.05) is 24.7 Å². The van der Waals surface area contributed by atoms with E-state index in [2.05, 4.69) is 48.3 Å². The van der Waals surface area contributed by atoms with E-state index in [1.807, 2.05) is 0 Å². The van der Waals surface area contributed by atoms with Crippen LogP contribution in [0.25, 0.3) is 0 Å². The van der Waals surface area contributed by atoms with E-state index in [9.17, 15) is 0 Å². The summed E-state index contributed by atoms with van der Waals surface area (Å²) in [7, 11) is 0. The van der Waals surface area contributed by atoms with E-state index in [1.165, 1.54) is 29.9 Å². The molecule has 1 fully saturated rings. The highest BCUT2D eigenvalue weighted by Gasteiger charge is 2.28. The van der Waals surface area contributed by atoms with E-state index in [0.29, 0.717) is 12.0 Å². The molecule has 3 rings (SSSR count). The third-order valence-electron chi connectivity index (χ3n) is 4.29. The molecule has 1 N–H and O–H groups in total. The van der Waals surface area contributed by atoms with Crippen LogP contribution in [0.2, 0.25) is 0 Å². The highest BCUT2D eigenvalue weighted by Crippen LogP contribution is 2.35. The van der Waals surface area contributed by atoms with E-state index >= 15 is 0 Å². The van der Waals surface area contributed by atoms with Gasteiger partial charge in [0, 0.05) is 17.5 Å². The van der Waals surface area contributed by atoms with Crippen molar-refractivity contribution in [2.24, 2.45) is 11.8 Å². The van der Waals surface area contributed by atoms with Crippen LogP contribution in [-0.4, -0.2) is 24.7 Å².